The zero-order valence-corrected chi connectivity index (χ0v) is 15.7. The van der Waals surface area contributed by atoms with Gasteiger partial charge in [-0.3, -0.25) is 0 Å². The molecule has 0 saturated heterocycles. The Balaban J connectivity index is 2.30. The molecule has 0 aromatic heterocycles. The van der Waals surface area contributed by atoms with Crippen LogP contribution in [0.1, 0.15) is 39.2 Å². The Labute approximate surface area is 136 Å². The molecule has 4 heteroatoms. The lowest BCUT2D eigenvalue weighted by molar-refractivity contribution is 0.0119. The lowest BCUT2D eigenvalue weighted by Gasteiger charge is -2.36. The monoisotopic (exact) mass is 324 g/mol. The van der Waals surface area contributed by atoms with Gasteiger partial charge in [0, 0.05) is 13.0 Å². The average molecular weight is 325 g/mol. The maximum atomic E-state index is 10.1. The fraction of sp³-hybridized carbons (Fsp3) is 0.667. The van der Waals surface area contributed by atoms with Gasteiger partial charge in [0.05, 0.1) is 12.2 Å². The molecule has 0 amide bonds. The standard InChI is InChI=1S/C18H32O3Si/c1-18(2,3)22(4,5)21-13-9-12-16(19)17(20)14-15-10-7-6-8-11-15/h6-8,10-11,16-17,19-20H,9,12-14H2,1-5H3/t16-,17-/m1/s1. The van der Waals surface area contributed by atoms with Crippen molar-refractivity contribution in [2.75, 3.05) is 6.61 Å². The lowest BCUT2D eigenvalue weighted by Crippen LogP contribution is -2.41. The molecule has 0 radical (unpaired) electrons. The predicted octanol–water partition coefficient (Wildman–Crippen LogP) is 3.75. The molecule has 3 nitrogen and oxygen atoms in total. The van der Waals surface area contributed by atoms with Gasteiger partial charge in [-0.1, -0.05) is 51.1 Å². The molecule has 0 aliphatic rings. The van der Waals surface area contributed by atoms with E-state index in [0.717, 1.165) is 12.0 Å². The minimum Gasteiger partial charge on any atom is -0.417 e. The zero-order valence-electron chi connectivity index (χ0n) is 14.7. The molecule has 126 valence electrons. The molecule has 0 unspecified atom stereocenters. The smallest absolute Gasteiger partial charge is 0.191 e. The second-order valence-corrected chi connectivity index (χ2v) is 12.4. The topological polar surface area (TPSA) is 49.7 Å². The van der Waals surface area contributed by atoms with Gasteiger partial charge in [-0.2, -0.15) is 0 Å². The van der Waals surface area contributed by atoms with Crippen LogP contribution < -0.4 is 0 Å². The Morgan fingerprint density at radius 1 is 1.05 bits per heavy atom. The summed E-state index contributed by atoms with van der Waals surface area (Å²) < 4.78 is 6.09. The van der Waals surface area contributed by atoms with Crippen LogP contribution in [0.5, 0.6) is 0 Å². The van der Waals surface area contributed by atoms with Gasteiger partial charge in [-0.05, 0) is 36.5 Å². The highest BCUT2D eigenvalue weighted by Gasteiger charge is 2.36. The van der Waals surface area contributed by atoms with Crippen LogP contribution in [0, 0.1) is 0 Å². The van der Waals surface area contributed by atoms with Crippen LogP contribution in [0.3, 0.4) is 0 Å². The second-order valence-electron chi connectivity index (χ2n) is 7.58. The molecule has 0 bridgehead atoms. The Bertz CT molecular complexity index is 426. The quantitative estimate of drug-likeness (QED) is 0.565. The van der Waals surface area contributed by atoms with Gasteiger partial charge in [0.25, 0.3) is 0 Å². The average Bonchev–Trinajstić information content (AvgIpc) is 2.43. The van der Waals surface area contributed by atoms with Crippen LogP contribution in [0.4, 0.5) is 0 Å². The largest absolute Gasteiger partial charge is 0.417 e. The molecule has 0 saturated carbocycles. The molecule has 1 aromatic rings. The molecule has 0 heterocycles. The highest BCUT2D eigenvalue weighted by Crippen LogP contribution is 2.36. The van der Waals surface area contributed by atoms with Gasteiger partial charge in [0.15, 0.2) is 8.32 Å². The third-order valence-electron chi connectivity index (χ3n) is 4.65. The SMILES string of the molecule is CC(C)(C)[Si](C)(C)OCCC[C@@H](O)[C@H](O)Cc1ccccc1. The van der Waals surface area contributed by atoms with E-state index in [-0.39, 0.29) is 5.04 Å². The van der Waals surface area contributed by atoms with Crippen molar-refractivity contribution in [3.63, 3.8) is 0 Å². The molecule has 0 fully saturated rings. The summed E-state index contributed by atoms with van der Waals surface area (Å²) in [5.41, 5.74) is 1.05. The summed E-state index contributed by atoms with van der Waals surface area (Å²) in [6.45, 7) is 11.8. The van der Waals surface area contributed by atoms with Crippen LogP contribution in [-0.4, -0.2) is 37.3 Å². The van der Waals surface area contributed by atoms with Gasteiger partial charge >= 0.3 is 0 Å². The van der Waals surface area contributed by atoms with Crippen molar-refractivity contribution >= 4 is 8.32 Å². The molecule has 2 N–H and O–H groups in total. The van der Waals surface area contributed by atoms with Crippen LogP contribution in [-0.2, 0) is 10.8 Å². The second kappa shape index (κ2) is 8.25. The van der Waals surface area contributed by atoms with E-state index in [1.54, 1.807) is 0 Å². The van der Waals surface area contributed by atoms with E-state index in [9.17, 15) is 10.2 Å². The van der Waals surface area contributed by atoms with Crippen molar-refractivity contribution in [2.24, 2.45) is 0 Å². The highest BCUT2D eigenvalue weighted by atomic mass is 28.4. The van der Waals surface area contributed by atoms with Crippen LogP contribution >= 0.6 is 0 Å². The van der Waals surface area contributed by atoms with Gasteiger partial charge < -0.3 is 14.6 Å². The van der Waals surface area contributed by atoms with Gasteiger partial charge in [-0.15, -0.1) is 0 Å². The van der Waals surface area contributed by atoms with Crippen molar-refractivity contribution < 1.29 is 14.6 Å². The Kier molecular flexibility index (Phi) is 7.26. The highest BCUT2D eigenvalue weighted by molar-refractivity contribution is 6.74. The molecule has 1 rings (SSSR count). The molecule has 1 aromatic carbocycles. The number of rotatable bonds is 8. The van der Waals surface area contributed by atoms with Crippen LogP contribution in [0.15, 0.2) is 30.3 Å². The summed E-state index contributed by atoms with van der Waals surface area (Å²) in [6, 6.07) is 9.78. The summed E-state index contributed by atoms with van der Waals surface area (Å²) in [4.78, 5) is 0. The number of aliphatic hydroxyl groups is 2. The van der Waals surface area contributed by atoms with E-state index in [1.807, 2.05) is 30.3 Å². The van der Waals surface area contributed by atoms with Gasteiger partial charge in [-0.25, -0.2) is 0 Å². The minimum absolute atomic E-state index is 0.207. The van der Waals surface area contributed by atoms with E-state index >= 15 is 0 Å². The molecular formula is C18H32O3Si. The fourth-order valence-corrected chi connectivity index (χ4v) is 3.11. The number of aliphatic hydroxyl groups excluding tert-OH is 2. The zero-order chi connectivity index (χ0) is 16.8. The van der Waals surface area contributed by atoms with Crippen molar-refractivity contribution in [2.45, 2.75) is 70.4 Å². The van der Waals surface area contributed by atoms with E-state index in [4.69, 9.17) is 4.43 Å². The van der Waals surface area contributed by atoms with Crippen LogP contribution in [0.25, 0.3) is 0 Å². The fourth-order valence-electron chi connectivity index (χ4n) is 2.02. The first kappa shape index (κ1) is 19.4. The Morgan fingerprint density at radius 2 is 1.64 bits per heavy atom. The Morgan fingerprint density at radius 3 is 2.18 bits per heavy atom. The maximum absolute atomic E-state index is 10.1. The van der Waals surface area contributed by atoms with Crippen LogP contribution in [0.2, 0.25) is 18.1 Å². The number of hydrogen-bond acceptors (Lipinski definition) is 3. The summed E-state index contributed by atoms with van der Waals surface area (Å²) in [5.74, 6) is 0. The molecule has 22 heavy (non-hydrogen) atoms. The molecule has 0 spiro atoms. The maximum Gasteiger partial charge on any atom is 0.191 e. The summed E-state index contributed by atoms with van der Waals surface area (Å²) in [5, 5.41) is 20.4. The van der Waals surface area contributed by atoms with E-state index in [0.29, 0.717) is 19.4 Å². The molecule has 0 aliphatic carbocycles. The summed E-state index contributed by atoms with van der Waals surface area (Å²) >= 11 is 0. The van der Waals surface area contributed by atoms with Gasteiger partial charge in [0.2, 0.25) is 0 Å². The number of benzene rings is 1. The number of hydrogen-bond donors (Lipinski definition) is 2. The summed E-state index contributed by atoms with van der Waals surface area (Å²) in [6.07, 6.45) is 0.436. The third kappa shape index (κ3) is 6.21. The normalized spacial score (nSPS) is 15.6. The first-order valence-corrected chi connectivity index (χ1v) is 11.1. The van der Waals surface area contributed by atoms with Crippen molar-refractivity contribution in [1.29, 1.82) is 0 Å². The van der Waals surface area contributed by atoms with Gasteiger partial charge in [0.1, 0.15) is 0 Å². The van der Waals surface area contributed by atoms with E-state index in [1.165, 1.54) is 0 Å². The predicted molar refractivity (Wildman–Crippen MR) is 94.5 cm³/mol. The van der Waals surface area contributed by atoms with E-state index in [2.05, 4.69) is 33.9 Å². The molecular weight excluding hydrogens is 292 g/mol. The van der Waals surface area contributed by atoms with Crippen molar-refractivity contribution in [3.05, 3.63) is 35.9 Å². The lowest BCUT2D eigenvalue weighted by atomic mass is 10.0. The molecule has 0 aliphatic heterocycles. The molecule has 2 atom stereocenters. The van der Waals surface area contributed by atoms with Crippen molar-refractivity contribution in [1.82, 2.24) is 0 Å². The third-order valence-corrected chi connectivity index (χ3v) is 9.18. The Hall–Kier alpha value is -0.683. The first-order valence-electron chi connectivity index (χ1n) is 8.17. The van der Waals surface area contributed by atoms with E-state index < -0.39 is 20.5 Å². The minimum atomic E-state index is -1.71. The summed E-state index contributed by atoms with van der Waals surface area (Å²) in [7, 11) is -1.71. The first-order chi connectivity index (χ1) is 10.1. The van der Waals surface area contributed by atoms with Crippen molar-refractivity contribution in [3.8, 4) is 0 Å².